The number of likely N-dealkylation sites (N-methyl/N-ethyl adjacent to an activating group) is 1. The molecule has 4 aromatic rings. The minimum absolute atomic E-state index is 0.00307. The van der Waals surface area contributed by atoms with Crippen LogP contribution in [0.2, 0.25) is 0 Å². The number of nitrogens with zero attached hydrogens (tertiary/aromatic N) is 4. The summed E-state index contributed by atoms with van der Waals surface area (Å²) in [5.74, 6) is -0.598. The number of hydrogen-bond donors (Lipinski definition) is 2. The number of fused-ring (bicyclic) bond motifs is 1. The molecule has 0 atom stereocenters. The van der Waals surface area contributed by atoms with E-state index in [9.17, 15) is 22.8 Å². The molecule has 9 nitrogen and oxygen atoms in total. The molecule has 0 bridgehead atoms. The maximum atomic E-state index is 14.1. The first-order valence-electron chi connectivity index (χ1n) is 13.3. The van der Waals surface area contributed by atoms with Crippen LogP contribution in [-0.4, -0.2) is 64.8 Å². The summed E-state index contributed by atoms with van der Waals surface area (Å²) in [6.45, 7) is 4.42. The van der Waals surface area contributed by atoms with Gasteiger partial charge in [-0.15, -0.1) is 0 Å². The average Bonchev–Trinajstić information content (AvgIpc) is 2.94. The number of halogens is 3. The van der Waals surface area contributed by atoms with Crippen LogP contribution in [0.25, 0.3) is 10.8 Å². The van der Waals surface area contributed by atoms with Crippen LogP contribution < -0.4 is 15.4 Å². The molecular weight excluding hydrogens is 549 g/mol. The number of carbonyl (C=O) groups excluding carboxylic acids is 2. The number of rotatable bonds is 7. The summed E-state index contributed by atoms with van der Waals surface area (Å²) < 4.78 is 48.3. The zero-order chi connectivity index (χ0) is 29.9. The molecule has 3 aromatic carbocycles. The van der Waals surface area contributed by atoms with Crippen molar-refractivity contribution in [2.75, 3.05) is 43.9 Å². The second kappa shape index (κ2) is 12.1. The number of hydrogen-bond acceptors (Lipinski definition) is 7. The van der Waals surface area contributed by atoms with Crippen molar-refractivity contribution >= 4 is 34.1 Å². The van der Waals surface area contributed by atoms with E-state index in [0.29, 0.717) is 18.5 Å². The fourth-order valence-electron chi connectivity index (χ4n) is 4.82. The molecule has 2 heterocycles. The molecule has 1 fully saturated rings. The van der Waals surface area contributed by atoms with Gasteiger partial charge < -0.3 is 20.3 Å². The summed E-state index contributed by atoms with van der Waals surface area (Å²) in [5, 5.41) is 6.43. The third kappa shape index (κ3) is 6.84. The molecule has 12 heteroatoms. The fourth-order valence-corrected chi connectivity index (χ4v) is 4.82. The lowest BCUT2D eigenvalue weighted by atomic mass is 10.0. The van der Waals surface area contributed by atoms with Crippen molar-refractivity contribution in [3.63, 3.8) is 0 Å². The first-order valence-corrected chi connectivity index (χ1v) is 13.3. The molecule has 0 saturated carbocycles. The molecule has 1 aromatic heterocycles. The summed E-state index contributed by atoms with van der Waals surface area (Å²) in [6, 6.07) is 15.7. The van der Waals surface area contributed by atoms with Crippen LogP contribution in [0.4, 0.5) is 24.7 Å². The van der Waals surface area contributed by atoms with E-state index in [1.807, 2.05) is 24.1 Å². The lowest BCUT2D eigenvalue weighted by Gasteiger charge is -2.33. The number of piperazine rings is 1. The number of carbonyl (C=O) groups is 2. The van der Waals surface area contributed by atoms with Gasteiger partial charge in [-0.3, -0.25) is 14.5 Å². The number of aromatic nitrogens is 2. The summed E-state index contributed by atoms with van der Waals surface area (Å²) in [7, 11) is 1.99. The highest BCUT2D eigenvalue weighted by atomic mass is 19.4. The van der Waals surface area contributed by atoms with Crippen LogP contribution >= 0.6 is 0 Å². The number of alkyl halides is 3. The van der Waals surface area contributed by atoms with Crippen molar-refractivity contribution in [1.82, 2.24) is 19.8 Å². The quantitative estimate of drug-likeness (QED) is 0.303. The van der Waals surface area contributed by atoms with Gasteiger partial charge in [0.1, 0.15) is 17.9 Å². The number of benzene rings is 3. The van der Waals surface area contributed by atoms with Crippen molar-refractivity contribution in [3.8, 4) is 11.6 Å². The van der Waals surface area contributed by atoms with E-state index in [1.165, 1.54) is 31.5 Å². The van der Waals surface area contributed by atoms with Crippen molar-refractivity contribution in [1.29, 1.82) is 0 Å². The SMILES string of the molecule is CC(=O)Nc1cc(Oc2ccc3ccccc3c2C(=O)Nc2ccc(CN3CCN(C)CC3)c(C(F)(F)F)c2)ncn1. The minimum Gasteiger partial charge on any atom is -0.438 e. The van der Waals surface area contributed by atoms with Gasteiger partial charge in [0, 0.05) is 51.4 Å². The van der Waals surface area contributed by atoms with E-state index in [0.717, 1.165) is 24.5 Å². The van der Waals surface area contributed by atoms with Crippen molar-refractivity contribution < 1.29 is 27.5 Å². The molecule has 42 heavy (non-hydrogen) atoms. The summed E-state index contributed by atoms with van der Waals surface area (Å²) >= 11 is 0. The highest BCUT2D eigenvalue weighted by Crippen LogP contribution is 2.36. The molecular formula is C30H29F3N6O3. The average molecular weight is 579 g/mol. The molecule has 5 rings (SSSR count). The summed E-state index contributed by atoms with van der Waals surface area (Å²) in [4.78, 5) is 37.2. The number of ether oxygens (including phenoxy) is 1. The first kappa shape index (κ1) is 29.0. The highest BCUT2D eigenvalue weighted by Gasteiger charge is 2.34. The van der Waals surface area contributed by atoms with Crippen molar-refractivity contribution in [2.45, 2.75) is 19.6 Å². The van der Waals surface area contributed by atoms with Crippen molar-refractivity contribution in [2.24, 2.45) is 0 Å². The molecule has 1 saturated heterocycles. The van der Waals surface area contributed by atoms with Gasteiger partial charge in [0.2, 0.25) is 11.8 Å². The monoisotopic (exact) mass is 578 g/mol. The Balaban J connectivity index is 1.45. The first-order chi connectivity index (χ1) is 20.1. The Labute approximate surface area is 240 Å². The predicted octanol–water partition coefficient (Wildman–Crippen LogP) is 5.40. The Bertz CT molecular complexity index is 1620. The molecule has 1 aliphatic rings. The van der Waals surface area contributed by atoms with E-state index in [4.69, 9.17) is 4.74 Å². The number of anilines is 2. The second-order valence-corrected chi connectivity index (χ2v) is 10.1. The minimum atomic E-state index is -4.60. The van der Waals surface area contributed by atoms with Gasteiger partial charge in [-0.2, -0.15) is 13.2 Å². The summed E-state index contributed by atoms with van der Waals surface area (Å²) in [6.07, 6.45) is -3.40. The maximum Gasteiger partial charge on any atom is 0.416 e. The molecule has 1 aliphatic heterocycles. The molecule has 0 unspecified atom stereocenters. The molecule has 0 aliphatic carbocycles. The van der Waals surface area contributed by atoms with Gasteiger partial charge in [-0.05, 0) is 41.6 Å². The van der Waals surface area contributed by atoms with Gasteiger partial charge in [-0.1, -0.05) is 36.4 Å². The van der Waals surface area contributed by atoms with Crippen LogP contribution in [0.3, 0.4) is 0 Å². The zero-order valence-electron chi connectivity index (χ0n) is 23.0. The van der Waals surface area contributed by atoms with E-state index in [-0.39, 0.29) is 46.7 Å². The number of amides is 2. The van der Waals surface area contributed by atoms with Gasteiger partial charge in [-0.25, -0.2) is 9.97 Å². The van der Waals surface area contributed by atoms with Crippen LogP contribution in [0.1, 0.15) is 28.4 Å². The second-order valence-electron chi connectivity index (χ2n) is 10.1. The molecule has 2 amide bonds. The molecule has 0 radical (unpaired) electrons. The van der Waals surface area contributed by atoms with Gasteiger partial charge >= 0.3 is 6.18 Å². The Morgan fingerprint density at radius 1 is 0.952 bits per heavy atom. The van der Waals surface area contributed by atoms with E-state index in [2.05, 4.69) is 25.5 Å². The molecule has 0 spiro atoms. The third-order valence-corrected chi connectivity index (χ3v) is 6.94. The Morgan fingerprint density at radius 3 is 2.45 bits per heavy atom. The molecule has 218 valence electrons. The lowest BCUT2D eigenvalue weighted by molar-refractivity contribution is -0.138. The van der Waals surface area contributed by atoms with Crippen LogP contribution in [-0.2, 0) is 17.5 Å². The largest absolute Gasteiger partial charge is 0.438 e. The topological polar surface area (TPSA) is 99.7 Å². The van der Waals surface area contributed by atoms with Crippen molar-refractivity contribution in [3.05, 3.63) is 83.7 Å². The Morgan fingerprint density at radius 2 is 1.71 bits per heavy atom. The van der Waals surface area contributed by atoms with Gasteiger partial charge in [0.15, 0.2) is 0 Å². The standard InChI is InChI=1S/C30H29F3N6O3/c1-19(40)36-26-16-27(35-18-34-26)42-25-10-8-20-5-3-4-6-23(20)28(25)29(41)37-22-9-7-21(24(15-22)30(31,32)33)17-39-13-11-38(2)12-14-39/h3-10,15-16,18H,11-14,17H2,1-2H3,(H,37,41)(H,34,35,36,40). The van der Waals surface area contributed by atoms with Gasteiger partial charge in [0.05, 0.1) is 11.1 Å². The number of nitrogens with one attached hydrogen (secondary N) is 2. The van der Waals surface area contributed by atoms with Crippen LogP contribution in [0.5, 0.6) is 11.6 Å². The molecule has 2 N–H and O–H groups in total. The zero-order valence-corrected chi connectivity index (χ0v) is 23.0. The van der Waals surface area contributed by atoms with Gasteiger partial charge in [0.25, 0.3) is 5.91 Å². The Hall–Kier alpha value is -4.55. The third-order valence-electron chi connectivity index (χ3n) is 6.94. The maximum absolute atomic E-state index is 14.1. The highest BCUT2D eigenvalue weighted by molar-refractivity contribution is 6.15. The smallest absolute Gasteiger partial charge is 0.416 e. The van der Waals surface area contributed by atoms with E-state index < -0.39 is 17.6 Å². The van der Waals surface area contributed by atoms with Crippen LogP contribution in [0.15, 0.2) is 67.0 Å². The lowest BCUT2D eigenvalue weighted by Crippen LogP contribution is -2.44. The van der Waals surface area contributed by atoms with E-state index in [1.54, 1.807) is 24.3 Å². The fraction of sp³-hybridized carbons (Fsp3) is 0.267. The normalized spacial score (nSPS) is 14.5. The van der Waals surface area contributed by atoms with Crippen LogP contribution in [0, 0.1) is 0 Å². The van der Waals surface area contributed by atoms with E-state index >= 15 is 0 Å². The Kier molecular flexibility index (Phi) is 8.36. The predicted molar refractivity (Wildman–Crippen MR) is 153 cm³/mol. The summed E-state index contributed by atoms with van der Waals surface area (Å²) in [5.41, 5.74) is -0.524.